The molecule has 2 aliphatic heterocycles. The van der Waals surface area contributed by atoms with E-state index in [0.717, 1.165) is 58.4 Å². The van der Waals surface area contributed by atoms with Gasteiger partial charge in [-0.15, -0.1) is 0 Å². The second-order valence-corrected chi connectivity index (χ2v) is 8.37. The Labute approximate surface area is 168 Å². The Hall–Kier alpha value is -1.92. The molecule has 2 saturated heterocycles. The summed E-state index contributed by atoms with van der Waals surface area (Å²) in [6, 6.07) is 10.7. The van der Waals surface area contributed by atoms with Crippen LogP contribution in [0, 0.1) is 5.92 Å². The molecule has 0 aliphatic carbocycles. The maximum absolute atomic E-state index is 12.7. The minimum Gasteiger partial charge on any atom is -0.370 e. The first kappa shape index (κ1) is 20.8. The van der Waals surface area contributed by atoms with Gasteiger partial charge in [0.15, 0.2) is 0 Å². The Kier molecular flexibility index (Phi) is 7.45. The number of likely N-dealkylation sites (tertiary alicyclic amines) is 2. The molecule has 3 rings (SSSR count). The molecule has 0 saturated carbocycles. The van der Waals surface area contributed by atoms with Crippen molar-refractivity contribution in [2.75, 3.05) is 26.2 Å². The monoisotopic (exact) mass is 386 g/mol. The van der Waals surface area contributed by atoms with Crippen LogP contribution >= 0.6 is 0 Å². The highest BCUT2D eigenvalue weighted by Crippen LogP contribution is 2.22. The van der Waals surface area contributed by atoms with Crippen LogP contribution in [0.4, 0.5) is 0 Å². The first-order chi connectivity index (χ1) is 13.5. The van der Waals surface area contributed by atoms with Crippen molar-refractivity contribution >= 4 is 11.8 Å². The quantitative estimate of drug-likeness (QED) is 0.748. The first-order valence-corrected chi connectivity index (χ1v) is 10.6. The number of carbonyl (C=O) groups excluding carboxylic acids is 2. The predicted molar refractivity (Wildman–Crippen MR) is 110 cm³/mol. The van der Waals surface area contributed by atoms with E-state index in [1.54, 1.807) is 0 Å². The summed E-state index contributed by atoms with van der Waals surface area (Å²) >= 11 is 0. The molecule has 6 nitrogen and oxygen atoms in total. The molecular formula is C22H34N4O2. The summed E-state index contributed by atoms with van der Waals surface area (Å²) in [6.45, 7) is 6.75. The van der Waals surface area contributed by atoms with Crippen molar-refractivity contribution in [2.24, 2.45) is 11.7 Å². The lowest BCUT2D eigenvalue weighted by molar-refractivity contribution is -0.128. The summed E-state index contributed by atoms with van der Waals surface area (Å²) in [5, 5.41) is 3.26. The summed E-state index contributed by atoms with van der Waals surface area (Å²) in [5.41, 5.74) is 6.65. The van der Waals surface area contributed by atoms with E-state index in [1.807, 2.05) is 13.0 Å². The molecule has 1 atom stereocenters. The third-order valence-electron chi connectivity index (χ3n) is 6.25. The highest BCUT2D eigenvalue weighted by Gasteiger charge is 2.29. The van der Waals surface area contributed by atoms with Gasteiger partial charge < -0.3 is 11.1 Å². The average Bonchev–Trinajstić information content (AvgIpc) is 2.70. The third kappa shape index (κ3) is 6.04. The van der Waals surface area contributed by atoms with Crippen molar-refractivity contribution in [3.05, 3.63) is 35.9 Å². The molecule has 1 aromatic rings. The molecule has 2 fully saturated rings. The Morgan fingerprint density at radius 1 is 1.07 bits per heavy atom. The van der Waals surface area contributed by atoms with Crippen molar-refractivity contribution in [3.8, 4) is 0 Å². The van der Waals surface area contributed by atoms with E-state index in [-0.39, 0.29) is 23.9 Å². The van der Waals surface area contributed by atoms with Crippen LogP contribution in [-0.2, 0) is 16.1 Å². The van der Waals surface area contributed by atoms with Gasteiger partial charge in [0.05, 0.1) is 6.04 Å². The van der Waals surface area contributed by atoms with Gasteiger partial charge in [0.25, 0.3) is 0 Å². The topological polar surface area (TPSA) is 78.7 Å². The molecule has 28 heavy (non-hydrogen) atoms. The van der Waals surface area contributed by atoms with Crippen LogP contribution in [0.2, 0.25) is 0 Å². The fraction of sp³-hybridized carbons (Fsp3) is 0.636. The summed E-state index contributed by atoms with van der Waals surface area (Å²) in [5.74, 6) is 0.288. The molecular weight excluding hydrogens is 352 g/mol. The molecule has 0 bridgehead atoms. The Morgan fingerprint density at radius 3 is 2.32 bits per heavy atom. The fourth-order valence-corrected chi connectivity index (χ4v) is 4.39. The number of benzene rings is 1. The van der Waals surface area contributed by atoms with E-state index in [2.05, 4.69) is 39.4 Å². The second-order valence-electron chi connectivity index (χ2n) is 8.37. The molecule has 6 heteroatoms. The molecule has 154 valence electrons. The van der Waals surface area contributed by atoms with Crippen molar-refractivity contribution < 1.29 is 9.59 Å². The predicted octanol–water partition coefficient (Wildman–Crippen LogP) is 1.74. The van der Waals surface area contributed by atoms with Crippen LogP contribution in [-0.4, -0.2) is 59.9 Å². The van der Waals surface area contributed by atoms with Gasteiger partial charge in [-0.25, -0.2) is 0 Å². The highest BCUT2D eigenvalue weighted by molar-refractivity contribution is 5.81. The first-order valence-electron chi connectivity index (χ1n) is 10.6. The molecule has 0 aromatic heterocycles. The third-order valence-corrected chi connectivity index (χ3v) is 6.25. The summed E-state index contributed by atoms with van der Waals surface area (Å²) in [7, 11) is 0. The molecule has 1 unspecified atom stereocenters. The number of nitrogens with zero attached hydrogens (tertiary/aromatic N) is 2. The number of primary amides is 1. The Morgan fingerprint density at radius 2 is 1.71 bits per heavy atom. The zero-order valence-electron chi connectivity index (χ0n) is 17.0. The number of hydrogen-bond acceptors (Lipinski definition) is 4. The fourth-order valence-electron chi connectivity index (χ4n) is 4.39. The molecule has 2 aliphatic rings. The van der Waals surface area contributed by atoms with Gasteiger partial charge >= 0.3 is 0 Å². The highest BCUT2D eigenvalue weighted by atomic mass is 16.2. The van der Waals surface area contributed by atoms with E-state index >= 15 is 0 Å². The van der Waals surface area contributed by atoms with Gasteiger partial charge in [-0.2, -0.15) is 0 Å². The van der Waals surface area contributed by atoms with Crippen molar-refractivity contribution in [3.63, 3.8) is 0 Å². The number of piperidine rings is 2. The number of nitrogens with two attached hydrogens (primary N) is 1. The minimum absolute atomic E-state index is 0.114. The largest absolute Gasteiger partial charge is 0.370 e. The zero-order chi connectivity index (χ0) is 19.9. The van der Waals surface area contributed by atoms with Crippen molar-refractivity contribution in [1.29, 1.82) is 0 Å². The van der Waals surface area contributed by atoms with Gasteiger partial charge in [-0.1, -0.05) is 30.3 Å². The van der Waals surface area contributed by atoms with Gasteiger partial charge in [0.1, 0.15) is 0 Å². The van der Waals surface area contributed by atoms with Crippen LogP contribution in [0.15, 0.2) is 30.3 Å². The lowest BCUT2D eigenvalue weighted by Gasteiger charge is -2.37. The van der Waals surface area contributed by atoms with Crippen LogP contribution in [0.3, 0.4) is 0 Å². The van der Waals surface area contributed by atoms with Crippen LogP contribution < -0.4 is 11.1 Å². The van der Waals surface area contributed by atoms with Gasteiger partial charge in [-0.05, 0) is 57.2 Å². The molecule has 2 heterocycles. The normalized spacial score (nSPS) is 21.3. The summed E-state index contributed by atoms with van der Waals surface area (Å²) < 4.78 is 0. The van der Waals surface area contributed by atoms with Gasteiger partial charge in [-0.3, -0.25) is 19.4 Å². The van der Waals surface area contributed by atoms with E-state index in [9.17, 15) is 9.59 Å². The Balaban J connectivity index is 1.37. The van der Waals surface area contributed by atoms with E-state index in [0.29, 0.717) is 12.3 Å². The number of hydrogen-bond donors (Lipinski definition) is 2. The second kappa shape index (κ2) is 10.0. The van der Waals surface area contributed by atoms with E-state index in [1.165, 1.54) is 5.56 Å². The zero-order valence-corrected chi connectivity index (χ0v) is 17.0. The molecule has 1 aromatic carbocycles. The molecule has 2 amide bonds. The van der Waals surface area contributed by atoms with Crippen LogP contribution in [0.5, 0.6) is 0 Å². The molecule has 0 spiro atoms. The lowest BCUT2D eigenvalue weighted by atomic mass is 9.92. The number of amides is 2. The van der Waals surface area contributed by atoms with Crippen LogP contribution in [0.25, 0.3) is 0 Å². The summed E-state index contributed by atoms with van der Waals surface area (Å²) in [6.07, 6.45) is 4.37. The van der Waals surface area contributed by atoms with Crippen molar-refractivity contribution in [1.82, 2.24) is 15.1 Å². The number of carbonyl (C=O) groups is 2. The average molecular weight is 387 g/mol. The maximum atomic E-state index is 12.7. The van der Waals surface area contributed by atoms with E-state index in [4.69, 9.17) is 5.73 Å². The summed E-state index contributed by atoms with van der Waals surface area (Å²) in [4.78, 5) is 28.5. The molecule has 3 N–H and O–H groups in total. The van der Waals surface area contributed by atoms with Gasteiger partial charge in [0, 0.05) is 32.1 Å². The molecule has 0 radical (unpaired) electrons. The van der Waals surface area contributed by atoms with E-state index < -0.39 is 0 Å². The number of rotatable bonds is 7. The Bertz CT molecular complexity index is 635. The maximum Gasteiger partial charge on any atom is 0.237 e. The van der Waals surface area contributed by atoms with Gasteiger partial charge in [0.2, 0.25) is 11.8 Å². The number of nitrogens with one attached hydrogen (secondary N) is 1. The minimum atomic E-state index is -0.220. The van der Waals surface area contributed by atoms with Crippen molar-refractivity contribution in [2.45, 2.75) is 57.7 Å². The SMILES string of the molecule is CC(C(=O)NC1CCN(Cc2ccccc2)CC1)N1CCC(CC(N)=O)CC1. The standard InChI is InChI=1S/C22H34N4O2/c1-17(26-13-7-18(8-14-26)15-21(23)27)22(28)24-20-9-11-25(12-10-20)16-19-5-3-2-4-6-19/h2-6,17-18,20H,7-16H2,1H3,(H2,23,27)(H,24,28). The smallest absolute Gasteiger partial charge is 0.237 e. The van der Waals surface area contributed by atoms with Crippen LogP contribution in [0.1, 0.15) is 44.6 Å². The lowest BCUT2D eigenvalue weighted by Crippen LogP contribution is -2.52.